The number of halogens is 2. The summed E-state index contributed by atoms with van der Waals surface area (Å²) in [5.41, 5.74) is 4.23. The summed E-state index contributed by atoms with van der Waals surface area (Å²) in [6, 6.07) is 5.26. The van der Waals surface area contributed by atoms with Crippen LogP contribution in [0.4, 0.5) is 8.78 Å². The Morgan fingerprint density at radius 2 is 1.35 bits per heavy atom. The van der Waals surface area contributed by atoms with Crippen LogP contribution in [0.2, 0.25) is 0 Å². The maximum absolute atomic E-state index is 12.9. The molecule has 0 spiro atoms. The Morgan fingerprint density at radius 3 is 1.90 bits per heavy atom. The molecule has 0 aliphatic heterocycles. The number of hydrazine groups is 1. The Kier molecular flexibility index (Phi) is 3.99. The first-order chi connectivity index (χ1) is 9.56. The molecular weight excluding hydrogens is 268 g/mol. The Labute approximate surface area is 112 Å². The molecule has 2 amide bonds. The second kappa shape index (κ2) is 5.87. The quantitative estimate of drug-likeness (QED) is 0.816. The molecular formula is C13H9F2N3O2. The van der Waals surface area contributed by atoms with E-state index in [1.807, 2.05) is 0 Å². The van der Waals surface area contributed by atoms with Crippen LogP contribution in [0.1, 0.15) is 20.7 Å². The maximum atomic E-state index is 12.9. The van der Waals surface area contributed by atoms with Gasteiger partial charge >= 0.3 is 0 Å². The molecule has 0 radical (unpaired) electrons. The van der Waals surface area contributed by atoms with E-state index in [2.05, 4.69) is 15.8 Å². The molecule has 2 rings (SSSR count). The highest BCUT2D eigenvalue weighted by molar-refractivity contribution is 5.98. The number of nitrogens with zero attached hydrogens (tertiary/aromatic N) is 1. The van der Waals surface area contributed by atoms with Crippen molar-refractivity contribution in [2.24, 2.45) is 0 Å². The van der Waals surface area contributed by atoms with Gasteiger partial charge in [-0.15, -0.1) is 0 Å². The summed E-state index contributed by atoms with van der Waals surface area (Å²) in [5, 5.41) is 0. The molecule has 2 aromatic rings. The third-order valence-corrected chi connectivity index (χ3v) is 2.36. The summed E-state index contributed by atoms with van der Waals surface area (Å²) < 4.78 is 25.9. The normalized spacial score (nSPS) is 9.90. The fourth-order valence-electron chi connectivity index (χ4n) is 1.45. The first-order valence-corrected chi connectivity index (χ1v) is 5.53. The third kappa shape index (κ3) is 3.35. The van der Waals surface area contributed by atoms with Crippen molar-refractivity contribution in [2.75, 3.05) is 0 Å². The Hall–Kier alpha value is -2.83. The number of amides is 2. The molecule has 5 nitrogen and oxygen atoms in total. The highest BCUT2D eigenvalue weighted by Gasteiger charge is 2.11. The van der Waals surface area contributed by atoms with Crippen molar-refractivity contribution < 1.29 is 18.4 Å². The number of carbonyl (C=O) groups excluding carboxylic acids is 2. The third-order valence-electron chi connectivity index (χ3n) is 2.36. The SMILES string of the molecule is O=C(NNC(=O)c1cc(F)cc(F)c1)c1ccncc1. The number of aromatic nitrogens is 1. The van der Waals surface area contributed by atoms with E-state index in [9.17, 15) is 18.4 Å². The summed E-state index contributed by atoms with van der Waals surface area (Å²) in [7, 11) is 0. The van der Waals surface area contributed by atoms with E-state index in [0.717, 1.165) is 12.1 Å². The van der Waals surface area contributed by atoms with Crippen molar-refractivity contribution in [2.45, 2.75) is 0 Å². The van der Waals surface area contributed by atoms with E-state index in [0.29, 0.717) is 6.07 Å². The topological polar surface area (TPSA) is 71.1 Å². The van der Waals surface area contributed by atoms with E-state index in [4.69, 9.17) is 0 Å². The van der Waals surface area contributed by atoms with Gasteiger partial charge in [-0.1, -0.05) is 0 Å². The largest absolute Gasteiger partial charge is 0.269 e. The van der Waals surface area contributed by atoms with Gasteiger partial charge in [-0.2, -0.15) is 0 Å². The first kappa shape index (κ1) is 13.6. The summed E-state index contributed by atoms with van der Waals surface area (Å²) in [6.07, 6.45) is 2.83. The predicted octanol–water partition coefficient (Wildman–Crippen LogP) is 1.43. The van der Waals surface area contributed by atoms with Gasteiger partial charge in [0.05, 0.1) is 0 Å². The molecule has 1 heterocycles. The minimum absolute atomic E-state index is 0.238. The number of carbonyl (C=O) groups is 2. The number of hydrogen-bond donors (Lipinski definition) is 2. The van der Waals surface area contributed by atoms with E-state index >= 15 is 0 Å². The van der Waals surface area contributed by atoms with Gasteiger partial charge in [0.25, 0.3) is 11.8 Å². The minimum Gasteiger partial charge on any atom is -0.267 e. The number of benzene rings is 1. The zero-order valence-corrected chi connectivity index (χ0v) is 10.1. The maximum Gasteiger partial charge on any atom is 0.269 e. The number of hydrogen-bond acceptors (Lipinski definition) is 3. The van der Waals surface area contributed by atoms with Gasteiger partial charge in [0, 0.05) is 29.6 Å². The lowest BCUT2D eigenvalue weighted by molar-refractivity contribution is 0.0846. The van der Waals surface area contributed by atoms with Gasteiger partial charge in [0.15, 0.2) is 0 Å². The second-order valence-corrected chi connectivity index (χ2v) is 3.80. The molecule has 0 saturated heterocycles. The molecule has 1 aromatic carbocycles. The second-order valence-electron chi connectivity index (χ2n) is 3.80. The molecule has 1 aromatic heterocycles. The molecule has 0 unspecified atom stereocenters. The Bertz CT molecular complexity index is 627. The van der Waals surface area contributed by atoms with Crippen molar-refractivity contribution in [3.8, 4) is 0 Å². The first-order valence-electron chi connectivity index (χ1n) is 5.53. The van der Waals surface area contributed by atoms with Gasteiger partial charge < -0.3 is 0 Å². The van der Waals surface area contributed by atoms with Crippen molar-refractivity contribution in [3.63, 3.8) is 0 Å². The van der Waals surface area contributed by atoms with Crippen LogP contribution >= 0.6 is 0 Å². The number of rotatable bonds is 2. The summed E-state index contributed by atoms with van der Waals surface area (Å²) in [5.74, 6) is -3.16. The van der Waals surface area contributed by atoms with Gasteiger partial charge in [-0.05, 0) is 24.3 Å². The smallest absolute Gasteiger partial charge is 0.267 e. The average molecular weight is 277 g/mol. The van der Waals surface area contributed by atoms with Gasteiger partial charge in [-0.3, -0.25) is 25.4 Å². The van der Waals surface area contributed by atoms with Crippen molar-refractivity contribution in [1.29, 1.82) is 0 Å². The van der Waals surface area contributed by atoms with E-state index < -0.39 is 23.4 Å². The summed E-state index contributed by atoms with van der Waals surface area (Å²) in [6.45, 7) is 0. The molecule has 20 heavy (non-hydrogen) atoms. The predicted molar refractivity (Wildman–Crippen MR) is 65.5 cm³/mol. The zero-order valence-electron chi connectivity index (χ0n) is 10.1. The van der Waals surface area contributed by atoms with Crippen LogP contribution < -0.4 is 10.9 Å². The summed E-state index contributed by atoms with van der Waals surface area (Å²) >= 11 is 0. The van der Waals surface area contributed by atoms with Crippen LogP contribution in [-0.4, -0.2) is 16.8 Å². The van der Waals surface area contributed by atoms with Crippen LogP contribution in [0, 0.1) is 11.6 Å². The molecule has 0 aliphatic carbocycles. The lowest BCUT2D eigenvalue weighted by Gasteiger charge is -2.07. The lowest BCUT2D eigenvalue weighted by atomic mass is 10.2. The fraction of sp³-hybridized carbons (Fsp3) is 0. The molecule has 0 fully saturated rings. The standard InChI is InChI=1S/C13H9F2N3O2/c14-10-5-9(6-11(15)7-10)13(20)18-17-12(19)8-1-3-16-4-2-8/h1-7H,(H,17,19)(H,18,20). The van der Waals surface area contributed by atoms with E-state index in [1.54, 1.807) is 0 Å². The summed E-state index contributed by atoms with van der Waals surface area (Å²) in [4.78, 5) is 27.0. The molecule has 0 bridgehead atoms. The molecule has 0 saturated carbocycles. The van der Waals surface area contributed by atoms with Crippen molar-refractivity contribution in [1.82, 2.24) is 15.8 Å². The molecule has 0 aliphatic rings. The van der Waals surface area contributed by atoms with Gasteiger partial charge in [0.2, 0.25) is 0 Å². The van der Waals surface area contributed by atoms with Gasteiger partial charge in [0.1, 0.15) is 11.6 Å². The van der Waals surface area contributed by atoms with Crippen LogP contribution in [0.15, 0.2) is 42.7 Å². The number of pyridine rings is 1. The highest BCUT2D eigenvalue weighted by atomic mass is 19.1. The van der Waals surface area contributed by atoms with Crippen LogP contribution in [-0.2, 0) is 0 Å². The van der Waals surface area contributed by atoms with Crippen LogP contribution in [0.25, 0.3) is 0 Å². The van der Waals surface area contributed by atoms with Gasteiger partial charge in [-0.25, -0.2) is 8.78 Å². The molecule has 7 heteroatoms. The fourth-order valence-corrected chi connectivity index (χ4v) is 1.45. The molecule has 0 atom stereocenters. The van der Waals surface area contributed by atoms with Crippen molar-refractivity contribution in [3.05, 3.63) is 65.5 Å². The van der Waals surface area contributed by atoms with Crippen LogP contribution in [0.3, 0.4) is 0 Å². The molecule has 102 valence electrons. The molecule has 2 N–H and O–H groups in total. The van der Waals surface area contributed by atoms with E-state index in [-0.39, 0.29) is 11.1 Å². The van der Waals surface area contributed by atoms with Crippen molar-refractivity contribution >= 4 is 11.8 Å². The van der Waals surface area contributed by atoms with Crippen LogP contribution in [0.5, 0.6) is 0 Å². The Balaban J connectivity index is 2.00. The monoisotopic (exact) mass is 277 g/mol. The lowest BCUT2D eigenvalue weighted by Crippen LogP contribution is -2.41. The van der Waals surface area contributed by atoms with E-state index in [1.165, 1.54) is 24.5 Å². The Morgan fingerprint density at radius 1 is 0.850 bits per heavy atom. The minimum atomic E-state index is -0.879. The average Bonchev–Trinajstić information content (AvgIpc) is 2.44. The highest BCUT2D eigenvalue weighted by Crippen LogP contribution is 2.07. The number of nitrogens with one attached hydrogen (secondary N) is 2. The zero-order chi connectivity index (χ0) is 14.5.